The standard InChI is InChI=1S/C42H51N3O7/c1-30(2)42(29-43,33-27-36(48-3)40(50-5)37(28-33)49-4)17-16-38(46)51-24-10-18-44-20-22-45(23-21-44)19-11-25-52-41(47)39-34-14-8-6-12-31(34)26-32-13-7-9-15-35(32)39/h6-9,12-15,26-28,30H,10-11,16-25H2,1-5H3. The van der Waals surface area contributed by atoms with E-state index in [1.54, 1.807) is 26.4 Å². The van der Waals surface area contributed by atoms with Crippen molar-refractivity contribution in [2.24, 2.45) is 5.92 Å². The molecule has 1 aliphatic heterocycles. The molecule has 1 atom stereocenters. The molecule has 1 aliphatic rings. The van der Waals surface area contributed by atoms with Crippen LogP contribution in [0.4, 0.5) is 0 Å². The van der Waals surface area contributed by atoms with Gasteiger partial charge in [-0.25, -0.2) is 4.79 Å². The predicted octanol–water partition coefficient (Wildman–Crippen LogP) is 7.01. The molecule has 4 aromatic rings. The Morgan fingerprint density at radius 3 is 1.77 bits per heavy atom. The normalized spacial score (nSPS) is 14.9. The predicted molar refractivity (Wildman–Crippen MR) is 202 cm³/mol. The zero-order valence-corrected chi connectivity index (χ0v) is 31.1. The minimum atomic E-state index is -0.946. The monoisotopic (exact) mass is 709 g/mol. The summed E-state index contributed by atoms with van der Waals surface area (Å²) in [5.41, 5.74) is 0.398. The Morgan fingerprint density at radius 1 is 0.769 bits per heavy atom. The molecule has 0 saturated carbocycles. The van der Waals surface area contributed by atoms with Gasteiger partial charge >= 0.3 is 11.9 Å². The van der Waals surface area contributed by atoms with Crippen molar-refractivity contribution >= 4 is 33.5 Å². The lowest BCUT2D eigenvalue weighted by Crippen LogP contribution is -2.47. The first-order valence-corrected chi connectivity index (χ1v) is 18.1. The van der Waals surface area contributed by atoms with E-state index in [2.05, 4.69) is 21.9 Å². The summed E-state index contributed by atoms with van der Waals surface area (Å²) in [5.74, 6) is 0.709. The molecular formula is C42H51N3O7. The largest absolute Gasteiger partial charge is 0.493 e. The summed E-state index contributed by atoms with van der Waals surface area (Å²) >= 11 is 0. The highest BCUT2D eigenvalue weighted by molar-refractivity contribution is 6.16. The summed E-state index contributed by atoms with van der Waals surface area (Å²) in [6.07, 6.45) is 1.94. The molecule has 0 amide bonds. The highest BCUT2D eigenvalue weighted by Crippen LogP contribution is 2.45. The highest BCUT2D eigenvalue weighted by Gasteiger charge is 2.38. The van der Waals surface area contributed by atoms with Crippen LogP contribution in [0.25, 0.3) is 21.5 Å². The number of fused-ring (bicyclic) bond motifs is 2. The number of benzene rings is 4. The summed E-state index contributed by atoms with van der Waals surface area (Å²) in [6, 6.07) is 24.1. The molecule has 4 aromatic carbocycles. The van der Waals surface area contributed by atoms with Gasteiger partial charge in [-0.05, 0) is 70.5 Å². The maximum Gasteiger partial charge on any atom is 0.339 e. The van der Waals surface area contributed by atoms with Crippen LogP contribution < -0.4 is 14.2 Å². The van der Waals surface area contributed by atoms with Gasteiger partial charge in [0.15, 0.2) is 11.5 Å². The number of nitrogens with zero attached hydrogens (tertiary/aromatic N) is 3. The van der Waals surface area contributed by atoms with Crippen LogP contribution in [0.1, 0.15) is 55.5 Å². The van der Waals surface area contributed by atoms with Crippen LogP contribution >= 0.6 is 0 Å². The third-order valence-electron chi connectivity index (χ3n) is 10.3. The smallest absolute Gasteiger partial charge is 0.339 e. The van der Waals surface area contributed by atoms with Gasteiger partial charge in [0.05, 0.1) is 51.6 Å². The molecule has 0 N–H and O–H groups in total. The maximum absolute atomic E-state index is 13.3. The highest BCUT2D eigenvalue weighted by atomic mass is 16.5. The maximum atomic E-state index is 13.3. The third kappa shape index (κ3) is 8.77. The number of nitriles is 1. The molecule has 1 heterocycles. The van der Waals surface area contributed by atoms with E-state index in [-0.39, 0.29) is 24.3 Å². The van der Waals surface area contributed by atoms with Crippen molar-refractivity contribution in [3.8, 4) is 23.3 Å². The van der Waals surface area contributed by atoms with E-state index in [1.807, 2.05) is 62.4 Å². The minimum absolute atomic E-state index is 0.0856. The molecule has 1 saturated heterocycles. The second-order valence-corrected chi connectivity index (χ2v) is 13.6. The molecular weight excluding hydrogens is 658 g/mol. The average molecular weight is 710 g/mol. The van der Waals surface area contributed by atoms with Gasteiger partial charge in [-0.2, -0.15) is 5.26 Å². The Hall–Kier alpha value is -4.85. The van der Waals surface area contributed by atoms with Gasteiger partial charge in [-0.3, -0.25) is 4.79 Å². The van der Waals surface area contributed by atoms with Crippen LogP contribution in [-0.2, 0) is 19.7 Å². The second-order valence-electron chi connectivity index (χ2n) is 13.6. The van der Waals surface area contributed by atoms with Gasteiger partial charge in [0.2, 0.25) is 5.75 Å². The molecule has 52 heavy (non-hydrogen) atoms. The van der Waals surface area contributed by atoms with Crippen molar-refractivity contribution in [2.45, 2.75) is 44.9 Å². The molecule has 0 bridgehead atoms. The van der Waals surface area contributed by atoms with E-state index < -0.39 is 5.41 Å². The fourth-order valence-electron chi connectivity index (χ4n) is 7.20. The van der Waals surface area contributed by atoms with E-state index in [0.29, 0.717) is 48.0 Å². The van der Waals surface area contributed by atoms with Crippen molar-refractivity contribution in [1.29, 1.82) is 5.26 Å². The first-order valence-electron chi connectivity index (χ1n) is 18.1. The lowest BCUT2D eigenvalue weighted by atomic mass is 9.69. The average Bonchev–Trinajstić information content (AvgIpc) is 3.17. The Morgan fingerprint density at radius 2 is 1.29 bits per heavy atom. The Labute approximate surface area is 307 Å². The minimum Gasteiger partial charge on any atom is -0.493 e. The number of carbonyl (C=O) groups excluding carboxylic acids is 2. The van der Waals surface area contributed by atoms with Gasteiger partial charge in [0.25, 0.3) is 0 Å². The van der Waals surface area contributed by atoms with E-state index in [9.17, 15) is 14.9 Å². The van der Waals surface area contributed by atoms with Crippen molar-refractivity contribution in [1.82, 2.24) is 9.80 Å². The van der Waals surface area contributed by atoms with Crippen LogP contribution in [0, 0.1) is 17.2 Å². The first-order chi connectivity index (χ1) is 25.2. The van der Waals surface area contributed by atoms with E-state index in [0.717, 1.165) is 73.7 Å². The summed E-state index contributed by atoms with van der Waals surface area (Å²) in [4.78, 5) is 30.9. The molecule has 276 valence electrons. The number of methoxy groups -OCH3 is 3. The summed E-state index contributed by atoms with van der Waals surface area (Å²) in [6.45, 7) is 10.1. The molecule has 1 fully saturated rings. The van der Waals surface area contributed by atoms with Crippen molar-refractivity contribution < 1.29 is 33.3 Å². The van der Waals surface area contributed by atoms with Gasteiger partial charge in [-0.15, -0.1) is 0 Å². The quantitative estimate of drug-likeness (QED) is 0.0645. The van der Waals surface area contributed by atoms with Crippen LogP contribution in [-0.4, -0.2) is 95.6 Å². The Kier molecular flexibility index (Phi) is 13.3. The zero-order valence-electron chi connectivity index (χ0n) is 31.1. The third-order valence-corrected chi connectivity index (χ3v) is 10.3. The SMILES string of the molecule is COc1cc(C(C#N)(CCC(=O)OCCCN2CCN(CCCOC(=O)c3c4ccccc4cc4ccccc34)CC2)C(C)C)cc(OC)c1OC. The lowest BCUT2D eigenvalue weighted by molar-refractivity contribution is -0.144. The van der Waals surface area contributed by atoms with Gasteiger partial charge in [-0.1, -0.05) is 62.4 Å². The topological polar surface area (TPSA) is 111 Å². The molecule has 0 radical (unpaired) electrons. The summed E-state index contributed by atoms with van der Waals surface area (Å²) in [5, 5.41) is 14.3. The first kappa shape index (κ1) is 38.4. The molecule has 5 rings (SSSR count). The molecule has 0 aromatic heterocycles. The van der Waals surface area contributed by atoms with Crippen molar-refractivity contribution in [2.75, 3.05) is 73.8 Å². The van der Waals surface area contributed by atoms with Crippen LogP contribution in [0.5, 0.6) is 17.2 Å². The van der Waals surface area contributed by atoms with Gasteiger partial charge < -0.3 is 33.5 Å². The Balaban J connectivity index is 1.01. The van der Waals surface area contributed by atoms with E-state index in [1.165, 1.54) is 7.11 Å². The van der Waals surface area contributed by atoms with E-state index in [4.69, 9.17) is 23.7 Å². The Bertz CT molecular complexity index is 1800. The number of esters is 2. The number of ether oxygens (including phenoxy) is 5. The molecule has 0 aliphatic carbocycles. The van der Waals surface area contributed by atoms with E-state index >= 15 is 0 Å². The number of piperazine rings is 1. The number of carbonyl (C=O) groups is 2. The van der Waals surface area contributed by atoms with Gasteiger partial charge in [0, 0.05) is 45.7 Å². The van der Waals surface area contributed by atoms with Gasteiger partial charge in [0.1, 0.15) is 0 Å². The molecule has 10 heteroatoms. The summed E-state index contributed by atoms with van der Waals surface area (Å²) in [7, 11) is 4.62. The van der Waals surface area contributed by atoms with Crippen LogP contribution in [0.2, 0.25) is 0 Å². The summed E-state index contributed by atoms with van der Waals surface area (Å²) < 4.78 is 27.9. The fraction of sp³-hybridized carbons (Fsp3) is 0.452. The fourth-order valence-corrected chi connectivity index (χ4v) is 7.20. The molecule has 1 unspecified atom stereocenters. The zero-order chi connectivity index (χ0) is 37.1. The van der Waals surface area contributed by atoms with Crippen molar-refractivity contribution in [3.63, 3.8) is 0 Å². The molecule has 10 nitrogen and oxygen atoms in total. The number of hydrogen-bond acceptors (Lipinski definition) is 10. The second kappa shape index (κ2) is 18.1. The number of rotatable bonds is 17. The van der Waals surface area contributed by atoms with Crippen LogP contribution in [0.15, 0.2) is 66.7 Å². The van der Waals surface area contributed by atoms with Crippen molar-refractivity contribution in [3.05, 3.63) is 77.9 Å². The number of hydrogen-bond donors (Lipinski definition) is 0. The lowest BCUT2D eigenvalue weighted by Gasteiger charge is -2.34. The molecule has 0 spiro atoms. The van der Waals surface area contributed by atoms with Crippen LogP contribution in [0.3, 0.4) is 0 Å².